The van der Waals surface area contributed by atoms with Gasteiger partial charge in [-0.05, 0) is 24.1 Å². The molecule has 1 fully saturated rings. The molecule has 1 aromatic heterocycles. The second-order valence-corrected chi connectivity index (χ2v) is 5.80. The molecule has 2 heterocycles. The van der Waals surface area contributed by atoms with Crippen molar-refractivity contribution >= 4 is 5.91 Å². The van der Waals surface area contributed by atoms with Gasteiger partial charge in [-0.2, -0.15) is 15.4 Å². The molecule has 2 N–H and O–H groups in total. The summed E-state index contributed by atoms with van der Waals surface area (Å²) in [6, 6.07) is 7.70. The van der Waals surface area contributed by atoms with Crippen molar-refractivity contribution in [1.82, 2.24) is 20.3 Å². The number of benzene rings is 1. The Balaban J connectivity index is 1.57. The van der Waals surface area contributed by atoms with Crippen LogP contribution in [-0.4, -0.2) is 51.5 Å². The normalized spacial score (nSPS) is 20.7. The number of nitrogens with zero attached hydrogens (tertiary/aromatic N) is 3. The van der Waals surface area contributed by atoms with E-state index in [0.717, 1.165) is 11.3 Å². The van der Waals surface area contributed by atoms with Crippen molar-refractivity contribution in [3.63, 3.8) is 0 Å². The first-order valence-electron chi connectivity index (χ1n) is 7.60. The summed E-state index contributed by atoms with van der Waals surface area (Å²) in [5, 5.41) is 20.8. The van der Waals surface area contributed by atoms with Gasteiger partial charge in [-0.15, -0.1) is 0 Å². The van der Waals surface area contributed by atoms with E-state index in [4.69, 9.17) is 4.74 Å². The number of aromatic nitrogens is 3. The quantitative estimate of drug-likeness (QED) is 0.854. The molecule has 1 atom stereocenters. The molecule has 0 spiro atoms. The molecule has 7 heteroatoms. The Kier molecular flexibility index (Phi) is 4.29. The van der Waals surface area contributed by atoms with Gasteiger partial charge in [0.15, 0.2) is 0 Å². The Morgan fingerprint density at radius 1 is 1.52 bits per heavy atom. The van der Waals surface area contributed by atoms with Crippen molar-refractivity contribution in [3.05, 3.63) is 41.7 Å². The molecule has 0 saturated carbocycles. The van der Waals surface area contributed by atoms with Gasteiger partial charge in [0.1, 0.15) is 17.0 Å². The maximum Gasteiger partial charge on any atom is 0.223 e. The predicted octanol–water partition coefficient (Wildman–Crippen LogP) is 0.866. The lowest BCUT2D eigenvalue weighted by Crippen LogP contribution is -2.34. The molecule has 3 rings (SSSR count). The molecular weight excluding hydrogens is 296 g/mol. The van der Waals surface area contributed by atoms with E-state index < -0.39 is 5.60 Å². The summed E-state index contributed by atoms with van der Waals surface area (Å²) in [5.41, 5.74) is 0.447. The number of likely N-dealkylation sites (tertiary alicyclic amines) is 1. The molecule has 1 aliphatic heterocycles. The van der Waals surface area contributed by atoms with Crippen LogP contribution in [0.5, 0.6) is 5.75 Å². The average molecular weight is 316 g/mol. The lowest BCUT2D eigenvalue weighted by molar-refractivity contribution is -0.131. The highest BCUT2D eigenvalue weighted by molar-refractivity contribution is 5.77. The van der Waals surface area contributed by atoms with Crippen LogP contribution in [0, 0.1) is 0 Å². The highest BCUT2D eigenvalue weighted by Crippen LogP contribution is 2.30. The van der Waals surface area contributed by atoms with E-state index in [2.05, 4.69) is 15.4 Å². The molecule has 1 aromatic carbocycles. The van der Waals surface area contributed by atoms with Crippen molar-refractivity contribution in [3.8, 4) is 5.75 Å². The number of ether oxygens (including phenoxy) is 1. The first kappa shape index (κ1) is 15.5. The third-order valence-electron chi connectivity index (χ3n) is 4.25. The number of rotatable bonds is 5. The van der Waals surface area contributed by atoms with Crippen molar-refractivity contribution in [2.75, 3.05) is 20.2 Å². The molecule has 122 valence electrons. The van der Waals surface area contributed by atoms with Crippen LogP contribution in [0.2, 0.25) is 0 Å². The minimum absolute atomic E-state index is 0.0345. The first-order valence-corrected chi connectivity index (χ1v) is 7.60. The predicted molar refractivity (Wildman–Crippen MR) is 82.8 cm³/mol. The molecular formula is C16H20N4O3. The van der Waals surface area contributed by atoms with Crippen LogP contribution in [0.15, 0.2) is 30.5 Å². The highest BCUT2D eigenvalue weighted by atomic mass is 16.5. The van der Waals surface area contributed by atoms with E-state index in [-0.39, 0.29) is 12.5 Å². The largest absolute Gasteiger partial charge is 0.497 e. The SMILES string of the molecule is COc1cccc(CCC(=O)N2CC[C@](O)(c3cn[nH]n3)C2)c1. The lowest BCUT2D eigenvalue weighted by atomic mass is 10.00. The molecule has 1 aliphatic rings. The summed E-state index contributed by atoms with van der Waals surface area (Å²) in [6.07, 6.45) is 3.03. The van der Waals surface area contributed by atoms with Gasteiger partial charge in [0.2, 0.25) is 5.91 Å². The summed E-state index contributed by atoms with van der Waals surface area (Å²) >= 11 is 0. The fraction of sp³-hybridized carbons (Fsp3) is 0.438. The molecule has 1 saturated heterocycles. The third kappa shape index (κ3) is 3.34. The van der Waals surface area contributed by atoms with E-state index >= 15 is 0 Å². The van der Waals surface area contributed by atoms with E-state index in [1.54, 1.807) is 12.0 Å². The number of hydrogen-bond donors (Lipinski definition) is 2. The van der Waals surface area contributed by atoms with Gasteiger partial charge in [-0.25, -0.2) is 0 Å². The molecule has 2 aromatic rings. The van der Waals surface area contributed by atoms with Gasteiger partial charge in [0, 0.05) is 19.4 Å². The molecule has 0 radical (unpaired) electrons. The number of nitrogens with one attached hydrogen (secondary N) is 1. The van der Waals surface area contributed by atoms with Crippen LogP contribution in [0.25, 0.3) is 0 Å². The molecule has 0 aliphatic carbocycles. The Hall–Kier alpha value is -2.41. The smallest absolute Gasteiger partial charge is 0.223 e. The zero-order chi connectivity index (χ0) is 16.3. The van der Waals surface area contributed by atoms with Crippen LogP contribution >= 0.6 is 0 Å². The second kappa shape index (κ2) is 6.37. The van der Waals surface area contributed by atoms with Crippen LogP contribution in [0.3, 0.4) is 0 Å². The van der Waals surface area contributed by atoms with Gasteiger partial charge in [0.25, 0.3) is 0 Å². The van der Waals surface area contributed by atoms with Crippen molar-refractivity contribution in [2.24, 2.45) is 0 Å². The minimum atomic E-state index is -1.10. The Morgan fingerprint density at radius 2 is 2.39 bits per heavy atom. The number of methoxy groups -OCH3 is 1. The minimum Gasteiger partial charge on any atom is -0.497 e. The van der Waals surface area contributed by atoms with E-state index in [1.165, 1.54) is 6.20 Å². The number of β-amino-alcohol motifs (C(OH)–C–C–N with tert-alkyl or cyclic N) is 1. The van der Waals surface area contributed by atoms with E-state index in [0.29, 0.717) is 31.5 Å². The second-order valence-electron chi connectivity index (χ2n) is 5.80. The summed E-state index contributed by atoms with van der Waals surface area (Å²) in [5.74, 6) is 0.823. The van der Waals surface area contributed by atoms with Crippen molar-refractivity contribution < 1.29 is 14.6 Å². The van der Waals surface area contributed by atoms with Crippen molar-refractivity contribution in [1.29, 1.82) is 0 Å². The highest BCUT2D eigenvalue weighted by Gasteiger charge is 2.41. The molecule has 7 nitrogen and oxygen atoms in total. The van der Waals surface area contributed by atoms with Crippen LogP contribution in [0.1, 0.15) is 24.1 Å². The summed E-state index contributed by atoms with van der Waals surface area (Å²) in [6.45, 7) is 0.788. The fourth-order valence-electron chi connectivity index (χ4n) is 2.88. The van der Waals surface area contributed by atoms with E-state index in [9.17, 15) is 9.90 Å². The van der Waals surface area contributed by atoms with Gasteiger partial charge >= 0.3 is 0 Å². The number of carbonyl (C=O) groups excluding carboxylic acids is 1. The Bertz CT molecular complexity index is 674. The third-order valence-corrected chi connectivity index (χ3v) is 4.25. The standard InChI is InChI=1S/C16H20N4O3/c1-23-13-4-2-3-12(9-13)5-6-15(21)20-8-7-16(22,11-20)14-10-17-19-18-14/h2-4,9-10,22H,5-8,11H2,1H3,(H,17,18,19)/t16-/m1/s1. The van der Waals surface area contributed by atoms with Gasteiger partial charge in [-0.3, -0.25) is 4.79 Å². The topological polar surface area (TPSA) is 91.3 Å². The number of aromatic amines is 1. The van der Waals surface area contributed by atoms with Crippen LogP contribution < -0.4 is 4.74 Å². The summed E-state index contributed by atoms with van der Waals surface area (Å²) in [7, 11) is 1.62. The van der Waals surface area contributed by atoms with Gasteiger partial charge in [-0.1, -0.05) is 12.1 Å². The zero-order valence-electron chi connectivity index (χ0n) is 13.0. The monoisotopic (exact) mass is 316 g/mol. The van der Waals surface area contributed by atoms with Crippen molar-refractivity contribution in [2.45, 2.75) is 24.9 Å². The fourth-order valence-corrected chi connectivity index (χ4v) is 2.88. The number of aryl methyl sites for hydroxylation is 1. The maximum absolute atomic E-state index is 12.4. The molecule has 23 heavy (non-hydrogen) atoms. The van der Waals surface area contributed by atoms with Gasteiger partial charge in [0.05, 0.1) is 19.9 Å². The summed E-state index contributed by atoms with van der Waals surface area (Å²) in [4.78, 5) is 14.1. The van der Waals surface area contributed by atoms with Crippen LogP contribution in [0.4, 0.5) is 0 Å². The van der Waals surface area contributed by atoms with Crippen LogP contribution in [-0.2, 0) is 16.8 Å². The Labute approximate surface area is 134 Å². The molecule has 0 unspecified atom stereocenters. The number of H-pyrrole nitrogens is 1. The zero-order valence-corrected chi connectivity index (χ0v) is 13.0. The Morgan fingerprint density at radius 3 is 3.13 bits per heavy atom. The molecule has 1 amide bonds. The van der Waals surface area contributed by atoms with E-state index in [1.807, 2.05) is 24.3 Å². The molecule has 0 bridgehead atoms. The lowest BCUT2D eigenvalue weighted by Gasteiger charge is -2.21. The number of amides is 1. The number of carbonyl (C=O) groups is 1. The number of hydrogen-bond acceptors (Lipinski definition) is 5. The number of aliphatic hydroxyl groups is 1. The maximum atomic E-state index is 12.4. The average Bonchev–Trinajstić information content (AvgIpc) is 3.23. The summed E-state index contributed by atoms with van der Waals surface area (Å²) < 4.78 is 5.19. The first-order chi connectivity index (χ1) is 11.1. The van der Waals surface area contributed by atoms with Gasteiger partial charge < -0.3 is 14.7 Å².